The Morgan fingerprint density at radius 2 is 2.11 bits per heavy atom. The van der Waals surface area contributed by atoms with E-state index in [2.05, 4.69) is 22.1 Å². The molecule has 0 fully saturated rings. The van der Waals surface area contributed by atoms with E-state index in [1.54, 1.807) is 12.1 Å². The van der Waals surface area contributed by atoms with Crippen LogP contribution in [-0.4, -0.2) is 15.8 Å². The molecule has 0 aliphatic rings. The molecule has 1 heterocycles. The molecular formula is C12H7N3O3S. The van der Waals surface area contributed by atoms with Crippen LogP contribution in [-0.2, 0) is 4.79 Å². The molecule has 1 aromatic heterocycles. The lowest BCUT2D eigenvalue weighted by Crippen LogP contribution is -2.07. The molecule has 2 aromatic rings. The van der Waals surface area contributed by atoms with Gasteiger partial charge in [-0.3, -0.25) is 20.2 Å². The van der Waals surface area contributed by atoms with E-state index in [0.717, 1.165) is 17.5 Å². The number of nitrogens with one attached hydrogen (secondary N) is 1. The summed E-state index contributed by atoms with van der Waals surface area (Å²) in [4.78, 5) is 25.1. The Balaban J connectivity index is 2.02. The van der Waals surface area contributed by atoms with Crippen molar-refractivity contribution in [2.45, 2.75) is 0 Å². The van der Waals surface area contributed by atoms with Gasteiger partial charge in [0.15, 0.2) is 5.13 Å². The number of thiazole rings is 1. The first-order chi connectivity index (χ1) is 9.15. The summed E-state index contributed by atoms with van der Waals surface area (Å²) in [5.41, 5.74) is 0.711. The van der Waals surface area contributed by atoms with Crippen LogP contribution in [0.2, 0.25) is 0 Å². The van der Waals surface area contributed by atoms with Crippen LogP contribution in [0.4, 0.5) is 10.1 Å². The molecule has 0 saturated heterocycles. The molecule has 0 atom stereocenters. The summed E-state index contributed by atoms with van der Waals surface area (Å²) in [7, 11) is 0. The van der Waals surface area contributed by atoms with Crippen LogP contribution in [0.3, 0.4) is 0 Å². The van der Waals surface area contributed by atoms with Crippen molar-refractivity contribution in [2.24, 2.45) is 0 Å². The smallest absolute Gasteiger partial charge is 0.291 e. The number of nitro groups is 1. The number of nitrogens with zero attached hydrogens (tertiary/aromatic N) is 2. The van der Waals surface area contributed by atoms with Crippen molar-refractivity contribution < 1.29 is 9.72 Å². The Hall–Kier alpha value is -2.72. The normalized spacial score (nSPS) is 9.26. The Morgan fingerprint density at radius 1 is 1.37 bits per heavy atom. The monoisotopic (exact) mass is 273 g/mol. The molecule has 94 valence electrons. The van der Waals surface area contributed by atoms with E-state index in [0.29, 0.717) is 5.56 Å². The fourth-order valence-corrected chi connectivity index (χ4v) is 1.81. The summed E-state index contributed by atoms with van der Waals surface area (Å²) in [5, 5.41) is 12.8. The van der Waals surface area contributed by atoms with Crippen LogP contribution in [0.1, 0.15) is 5.56 Å². The molecule has 6 nitrogen and oxygen atoms in total. The van der Waals surface area contributed by atoms with Gasteiger partial charge in [-0.05, 0) is 23.5 Å². The predicted molar refractivity (Wildman–Crippen MR) is 70.7 cm³/mol. The van der Waals surface area contributed by atoms with Gasteiger partial charge in [0.2, 0.25) is 0 Å². The largest absolute Gasteiger partial charge is 0.345 e. The van der Waals surface area contributed by atoms with E-state index in [1.165, 1.54) is 0 Å². The predicted octanol–water partition coefficient (Wildman–Crippen LogP) is 2.04. The van der Waals surface area contributed by atoms with Gasteiger partial charge >= 0.3 is 10.9 Å². The highest BCUT2D eigenvalue weighted by atomic mass is 32.1. The van der Waals surface area contributed by atoms with E-state index in [9.17, 15) is 14.9 Å². The van der Waals surface area contributed by atoms with Crippen LogP contribution in [0.25, 0.3) is 0 Å². The molecule has 1 aromatic carbocycles. The lowest BCUT2D eigenvalue weighted by Gasteiger charge is -1.91. The van der Waals surface area contributed by atoms with Crippen LogP contribution in [0, 0.1) is 22.0 Å². The van der Waals surface area contributed by atoms with Gasteiger partial charge in [0, 0.05) is 11.5 Å². The second kappa shape index (κ2) is 5.75. The molecule has 7 heteroatoms. The summed E-state index contributed by atoms with van der Waals surface area (Å²) in [5.74, 6) is 4.50. The molecule has 1 amide bonds. The molecule has 0 unspecified atom stereocenters. The van der Waals surface area contributed by atoms with Crippen molar-refractivity contribution in [2.75, 3.05) is 5.32 Å². The van der Waals surface area contributed by atoms with Gasteiger partial charge in [-0.15, -0.1) is 0 Å². The molecule has 19 heavy (non-hydrogen) atoms. The average Bonchev–Trinajstić information content (AvgIpc) is 2.86. The van der Waals surface area contributed by atoms with E-state index in [4.69, 9.17) is 0 Å². The molecule has 2 rings (SSSR count). The van der Waals surface area contributed by atoms with Gasteiger partial charge in [-0.25, -0.2) is 4.98 Å². The zero-order valence-corrected chi connectivity index (χ0v) is 10.3. The fourth-order valence-electron chi connectivity index (χ4n) is 1.19. The van der Waals surface area contributed by atoms with Crippen molar-refractivity contribution in [1.29, 1.82) is 0 Å². The molecule has 0 saturated carbocycles. The van der Waals surface area contributed by atoms with Crippen LogP contribution >= 0.6 is 11.3 Å². The minimum absolute atomic E-state index is 0.133. The second-order valence-corrected chi connectivity index (χ2v) is 4.34. The Morgan fingerprint density at radius 3 is 2.74 bits per heavy atom. The summed E-state index contributed by atoms with van der Waals surface area (Å²) < 4.78 is 0. The van der Waals surface area contributed by atoms with Crippen LogP contribution in [0.5, 0.6) is 0 Å². The van der Waals surface area contributed by atoms with Crippen LogP contribution < -0.4 is 5.32 Å². The summed E-state index contributed by atoms with van der Waals surface area (Å²) in [6.45, 7) is 0. The topological polar surface area (TPSA) is 85.1 Å². The van der Waals surface area contributed by atoms with Crippen molar-refractivity contribution in [1.82, 2.24) is 4.98 Å². The maximum atomic E-state index is 11.5. The first kappa shape index (κ1) is 12.7. The van der Waals surface area contributed by atoms with Gasteiger partial charge in [0.05, 0.1) is 4.92 Å². The number of carbonyl (C=O) groups is 1. The summed E-state index contributed by atoms with van der Waals surface area (Å²) in [6.07, 6.45) is 1.09. The quantitative estimate of drug-likeness (QED) is 0.515. The minimum atomic E-state index is -0.566. The van der Waals surface area contributed by atoms with Crippen molar-refractivity contribution in [3.8, 4) is 11.8 Å². The summed E-state index contributed by atoms with van der Waals surface area (Å²) in [6, 6.07) is 9.02. The number of hydrogen-bond donors (Lipinski definition) is 1. The second-order valence-electron chi connectivity index (χ2n) is 3.33. The highest BCUT2D eigenvalue weighted by Gasteiger charge is 2.12. The molecule has 0 spiro atoms. The number of benzene rings is 1. The van der Waals surface area contributed by atoms with E-state index in [1.807, 2.05) is 18.2 Å². The number of aromatic nitrogens is 1. The minimum Gasteiger partial charge on any atom is -0.291 e. The molecule has 0 radical (unpaired) electrons. The van der Waals surface area contributed by atoms with Crippen LogP contribution in [0.15, 0.2) is 36.5 Å². The van der Waals surface area contributed by atoms with E-state index in [-0.39, 0.29) is 10.1 Å². The lowest BCUT2D eigenvalue weighted by molar-refractivity contribution is -0.380. The van der Waals surface area contributed by atoms with E-state index < -0.39 is 10.8 Å². The van der Waals surface area contributed by atoms with E-state index >= 15 is 0 Å². The Kier molecular flexibility index (Phi) is 3.85. The molecule has 0 aliphatic heterocycles. The van der Waals surface area contributed by atoms with Gasteiger partial charge in [-0.1, -0.05) is 24.1 Å². The number of hydrogen-bond acceptors (Lipinski definition) is 5. The van der Waals surface area contributed by atoms with Gasteiger partial charge in [0.25, 0.3) is 0 Å². The van der Waals surface area contributed by atoms with Crippen molar-refractivity contribution >= 4 is 27.4 Å². The third kappa shape index (κ3) is 3.62. The molecule has 0 aliphatic carbocycles. The number of carbonyl (C=O) groups excluding carboxylic acids is 1. The van der Waals surface area contributed by atoms with Gasteiger partial charge in [-0.2, -0.15) is 0 Å². The van der Waals surface area contributed by atoms with Crippen molar-refractivity contribution in [3.05, 3.63) is 52.2 Å². The van der Waals surface area contributed by atoms with Crippen molar-refractivity contribution in [3.63, 3.8) is 0 Å². The fraction of sp³-hybridized carbons (Fsp3) is 0. The van der Waals surface area contributed by atoms with Gasteiger partial charge in [0.1, 0.15) is 6.20 Å². The number of anilines is 1. The Labute approximate surface area is 112 Å². The summed E-state index contributed by atoms with van der Waals surface area (Å²) >= 11 is 0.781. The number of rotatable bonds is 2. The first-order valence-corrected chi connectivity index (χ1v) is 5.95. The number of amides is 1. The third-order valence-electron chi connectivity index (χ3n) is 1.99. The first-order valence-electron chi connectivity index (χ1n) is 5.13. The molecule has 0 bridgehead atoms. The third-order valence-corrected chi connectivity index (χ3v) is 2.85. The average molecular weight is 273 g/mol. The molecular weight excluding hydrogens is 266 g/mol. The highest BCUT2D eigenvalue weighted by Crippen LogP contribution is 2.24. The maximum absolute atomic E-state index is 11.5. The SMILES string of the molecule is O=C(C#Cc1ccccc1)Nc1ncc([N+](=O)[O-])s1. The molecule has 1 N–H and O–H groups in total. The standard InChI is InChI=1S/C12H7N3O3S/c16-10(7-6-9-4-2-1-3-5-9)14-12-13-8-11(19-12)15(17)18/h1-5,8H,(H,13,14,16). The Bertz CT molecular complexity index is 670. The van der Waals surface area contributed by atoms with Gasteiger partial charge < -0.3 is 0 Å². The highest BCUT2D eigenvalue weighted by molar-refractivity contribution is 7.18. The maximum Gasteiger partial charge on any atom is 0.345 e. The zero-order chi connectivity index (χ0) is 13.7. The lowest BCUT2D eigenvalue weighted by atomic mass is 10.2. The zero-order valence-electron chi connectivity index (χ0n) is 9.49.